The van der Waals surface area contributed by atoms with E-state index in [0.29, 0.717) is 13.0 Å². The number of ether oxygens (including phenoxy) is 2. The number of esters is 1. The molecule has 0 aliphatic heterocycles. The Morgan fingerprint density at radius 1 is 0.622 bits per heavy atom. The number of aliphatic hydroxyl groups excluding tert-OH is 4. The minimum atomic E-state index is -0.125. The first kappa shape index (κ1) is 59.8. The van der Waals surface area contributed by atoms with Gasteiger partial charge in [-0.15, -0.1) is 32.9 Å². The molecule has 0 saturated carbocycles. The number of hydrogen-bond donors (Lipinski definition) is 4. The summed E-state index contributed by atoms with van der Waals surface area (Å²) in [4.78, 5) is 10.5. The highest BCUT2D eigenvalue weighted by atomic mass is 16.5. The lowest BCUT2D eigenvalue weighted by molar-refractivity contribution is -0.143. The fourth-order valence-electron chi connectivity index (χ4n) is 0.637. The molecular formula is C30H66O7. The molecule has 0 bridgehead atoms. The summed E-state index contributed by atoms with van der Waals surface area (Å²) in [5.74, 6) is -0.0940. The number of unbranched alkanes of at least 4 members (excludes halogenated alkanes) is 1. The lowest BCUT2D eigenvalue weighted by Crippen LogP contribution is -2.02. The molecule has 0 heterocycles. The summed E-state index contributed by atoms with van der Waals surface area (Å²) in [5.41, 5.74) is 0. The maximum atomic E-state index is 10.5. The van der Waals surface area contributed by atoms with Crippen LogP contribution in [0.4, 0.5) is 0 Å². The van der Waals surface area contributed by atoms with Gasteiger partial charge in [0.25, 0.3) is 0 Å². The highest BCUT2D eigenvalue weighted by Crippen LogP contribution is 1.90. The largest absolute Gasteiger partial charge is 0.466 e. The van der Waals surface area contributed by atoms with E-state index in [-0.39, 0.29) is 32.4 Å². The van der Waals surface area contributed by atoms with Gasteiger partial charge >= 0.3 is 5.97 Å². The number of allylic oxidation sites excluding steroid dienone is 5. The summed E-state index contributed by atoms with van der Waals surface area (Å²) in [6.07, 6.45) is 11.3. The number of aliphatic hydroxyl groups is 4. The van der Waals surface area contributed by atoms with E-state index in [1.165, 1.54) is 0 Å². The summed E-state index contributed by atoms with van der Waals surface area (Å²) in [6, 6.07) is 0. The molecule has 0 radical (unpaired) electrons. The van der Waals surface area contributed by atoms with Crippen molar-refractivity contribution in [2.45, 2.75) is 81.6 Å². The normalized spacial score (nSPS) is 6.73. The minimum absolute atomic E-state index is 0.0940. The van der Waals surface area contributed by atoms with Crippen LogP contribution in [-0.2, 0) is 14.3 Å². The first-order valence-corrected chi connectivity index (χ1v) is 12.6. The Hall–Kier alpha value is -2.03. The van der Waals surface area contributed by atoms with Crippen molar-refractivity contribution >= 4 is 5.97 Å². The predicted molar refractivity (Wildman–Crippen MR) is 166 cm³/mol. The topological polar surface area (TPSA) is 116 Å². The lowest BCUT2D eigenvalue weighted by Gasteiger charge is -1.99. The molecule has 7 heteroatoms. The third-order valence-electron chi connectivity index (χ3n) is 1.66. The molecule has 0 spiro atoms. The van der Waals surface area contributed by atoms with Crippen molar-refractivity contribution in [2.75, 3.05) is 46.2 Å². The van der Waals surface area contributed by atoms with Crippen LogP contribution in [0.1, 0.15) is 81.6 Å². The molecule has 4 N–H and O–H groups in total. The van der Waals surface area contributed by atoms with Crippen LogP contribution in [0.3, 0.4) is 0 Å². The van der Waals surface area contributed by atoms with E-state index in [4.69, 9.17) is 29.9 Å². The Morgan fingerprint density at radius 3 is 0.973 bits per heavy atom. The van der Waals surface area contributed by atoms with Crippen molar-refractivity contribution in [3.8, 4) is 0 Å². The predicted octanol–water partition coefficient (Wildman–Crippen LogP) is 6.69. The average Bonchev–Trinajstić information content (AvgIpc) is 2.88. The Morgan fingerprint density at radius 2 is 0.865 bits per heavy atom. The van der Waals surface area contributed by atoms with E-state index >= 15 is 0 Å². The zero-order valence-electron chi connectivity index (χ0n) is 26.0. The lowest BCUT2D eigenvalue weighted by atomic mass is 10.4. The Balaban J connectivity index is -0.0000000355. The van der Waals surface area contributed by atoms with Gasteiger partial charge in [-0.3, -0.25) is 4.79 Å². The van der Waals surface area contributed by atoms with E-state index in [0.717, 1.165) is 26.1 Å². The SMILES string of the molecule is C=CC.C=CC.C=CC.C=CC.C=CC.CCCCOC(=O)CC.CCOCC.OCCO.OCCO. The van der Waals surface area contributed by atoms with Crippen molar-refractivity contribution < 1.29 is 34.7 Å². The van der Waals surface area contributed by atoms with Crippen molar-refractivity contribution in [3.63, 3.8) is 0 Å². The molecule has 0 fully saturated rings. The third kappa shape index (κ3) is 432. The summed E-state index contributed by atoms with van der Waals surface area (Å²) < 4.78 is 9.63. The van der Waals surface area contributed by atoms with Crippen LogP contribution < -0.4 is 0 Å². The van der Waals surface area contributed by atoms with Gasteiger partial charge in [-0.1, -0.05) is 50.6 Å². The van der Waals surface area contributed by atoms with Crippen LogP contribution >= 0.6 is 0 Å². The van der Waals surface area contributed by atoms with Crippen molar-refractivity contribution in [1.82, 2.24) is 0 Å². The maximum absolute atomic E-state index is 10.5. The average molecular weight is 539 g/mol. The molecule has 0 saturated heterocycles. The van der Waals surface area contributed by atoms with Crippen LogP contribution in [0.15, 0.2) is 63.3 Å². The zero-order chi connectivity index (χ0) is 31.6. The standard InChI is InChI=1S/C7H14O2.C4H10O.5C3H6.2C2H6O2/c1-3-5-6-9-7(8)4-2;1-3-5-4-2;5*1-3-2;2*3-1-2-4/h3-6H2,1-2H3;3-4H2,1-2H3;5*3H,1H2,2H3;2*3-4H,1-2H2. The molecule has 0 amide bonds. The molecule has 0 aromatic heterocycles. The van der Waals surface area contributed by atoms with Gasteiger partial charge in [-0.2, -0.15) is 0 Å². The summed E-state index contributed by atoms with van der Waals surface area (Å²) in [7, 11) is 0. The van der Waals surface area contributed by atoms with Gasteiger partial charge in [0.1, 0.15) is 0 Å². The second-order valence-corrected chi connectivity index (χ2v) is 5.64. The Labute approximate surface area is 231 Å². The highest BCUT2D eigenvalue weighted by molar-refractivity contribution is 5.68. The van der Waals surface area contributed by atoms with Gasteiger partial charge in [0.2, 0.25) is 0 Å². The summed E-state index contributed by atoms with van der Waals surface area (Å²) in [6.45, 7) is 35.9. The number of carbonyl (C=O) groups excluding carboxylic acids is 1. The second-order valence-electron chi connectivity index (χ2n) is 5.64. The molecule has 0 unspecified atom stereocenters. The summed E-state index contributed by atoms with van der Waals surface area (Å²) in [5, 5.41) is 30.5. The van der Waals surface area contributed by atoms with Gasteiger partial charge in [0, 0.05) is 19.6 Å². The molecule has 0 aliphatic carbocycles. The molecule has 0 aromatic rings. The van der Waals surface area contributed by atoms with Gasteiger partial charge in [-0.05, 0) is 54.9 Å². The Bertz CT molecular complexity index is 300. The number of rotatable bonds is 8. The Kier molecular flexibility index (Phi) is 185. The van der Waals surface area contributed by atoms with Gasteiger partial charge in [-0.25, -0.2) is 0 Å². The van der Waals surface area contributed by atoms with E-state index < -0.39 is 0 Å². The fourth-order valence-corrected chi connectivity index (χ4v) is 0.637. The van der Waals surface area contributed by atoms with E-state index in [9.17, 15) is 4.79 Å². The van der Waals surface area contributed by atoms with Crippen LogP contribution in [0.5, 0.6) is 0 Å². The van der Waals surface area contributed by atoms with Crippen molar-refractivity contribution in [3.05, 3.63) is 63.3 Å². The molecule has 0 atom stereocenters. The van der Waals surface area contributed by atoms with Gasteiger partial charge < -0.3 is 29.9 Å². The number of carbonyl (C=O) groups is 1. The molecule has 228 valence electrons. The summed E-state index contributed by atoms with van der Waals surface area (Å²) >= 11 is 0. The van der Waals surface area contributed by atoms with E-state index in [1.54, 1.807) is 37.3 Å². The van der Waals surface area contributed by atoms with Crippen molar-refractivity contribution in [2.24, 2.45) is 0 Å². The quantitative estimate of drug-likeness (QED) is 0.155. The third-order valence-corrected chi connectivity index (χ3v) is 1.66. The van der Waals surface area contributed by atoms with E-state index in [1.807, 2.05) is 48.5 Å². The van der Waals surface area contributed by atoms with Gasteiger partial charge in [0.15, 0.2) is 0 Å². The van der Waals surface area contributed by atoms with Gasteiger partial charge in [0.05, 0.1) is 33.0 Å². The molecule has 37 heavy (non-hydrogen) atoms. The van der Waals surface area contributed by atoms with E-state index in [2.05, 4.69) is 39.8 Å². The second kappa shape index (κ2) is 114. The van der Waals surface area contributed by atoms with Crippen LogP contribution in [-0.4, -0.2) is 72.6 Å². The highest BCUT2D eigenvalue weighted by Gasteiger charge is 1.94. The zero-order valence-corrected chi connectivity index (χ0v) is 26.0. The molecule has 0 aromatic carbocycles. The maximum Gasteiger partial charge on any atom is 0.305 e. The molecule has 0 aliphatic rings. The smallest absolute Gasteiger partial charge is 0.305 e. The first-order valence-electron chi connectivity index (χ1n) is 12.6. The molecule has 7 nitrogen and oxygen atoms in total. The van der Waals surface area contributed by atoms with Crippen LogP contribution in [0.25, 0.3) is 0 Å². The van der Waals surface area contributed by atoms with Crippen LogP contribution in [0.2, 0.25) is 0 Å². The van der Waals surface area contributed by atoms with Crippen molar-refractivity contribution in [1.29, 1.82) is 0 Å². The minimum Gasteiger partial charge on any atom is -0.466 e. The number of hydrogen-bond acceptors (Lipinski definition) is 7. The molecule has 0 rings (SSSR count). The fraction of sp³-hybridized carbons (Fsp3) is 0.633. The van der Waals surface area contributed by atoms with Crippen LogP contribution in [0, 0.1) is 0 Å². The monoisotopic (exact) mass is 538 g/mol. The molecular weight excluding hydrogens is 472 g/mol. The first-order chi connectivity index (χ1) is 17.6.